The van der Waals surface area contributed by atoms with E-state index in [9.17, 15) is 0 Å². The highest BCUT2D eigenvalue weighted by Crippen LogP contribution is 2.24. The third-order valence-electron chi connectivity index (χ3n) is 4.23. The molecule has 0 bridgehead atoms. The van der Waals surface area contributed by atoms with Crippen LogP contribution in [0.15, 0.2) is 30.3 Å². The molecule has 1 aliphatic rings. The summed E-state index contributed by atoms with van der Waals surface area (Å²) in [5.74, 6) is 0. The van der Waals surface area contributed by atoms with Crippen molar-refractivity contribution in [1.29, 1.82) is 0 Å². The first-order chi connectivity index (χ1) is 9.76. The maximum atomic E-state index is 5.78. The molecule has 1 aromatic rings. The molecular formula is C17H28N2O. The third-order valence-corrected chi connectivity index (χ3v) is 4.23. The maximum Gasteiger partial charge on any atom is 0.0674 e. The second-order valence-electron chi connectivity index (χ2n) is 5.68. The molecule has 1 fully saturated rings. The molecule has 20 heavy (non-hydrogen) atoms. The molecule has 3 unspecified atom stereocenters. The minimum Gasteiger partial charge on any atom is -0.377 e. The molecule has 1 aliphatic heterocycles. The summed E-state index contributed by atoms with van der Waals surface area (Å²) in [5.41, 5.74) is 1.37. The molecule has 0 radical (unpaired) electrons. The Morgan fingerprint density at radius 3 is 2.75 bits per heavy atom. The number of ether oxygens (including phenoxy) is 1. The van der Waals surface area contributed by atoms with Crippen LogP contribution in [0.3, 0.4) is 0 Å². The van der Waals surface area contributed by atoms with Crippen molar-refractivity contribution in [2.24, 2.45) is 0 Å². The molecule has 3 heteroatoms. The predicted octanol–water partition coefficient (Wildman–Crippen LogP) is 2.84. The Kier molecular flexibility index (Phi) is 6.02. The molecule has 3 nitrogen and oxygen atoms in total. The van der Waals surface area contributed by atoms with Crippen LogP contribution in [0.5, 0.6) is 0 Å². The molecule has 2 rings (SSSR count). The Labute approximate surface area is 123 Å². The van der Waals surface area contributed by atoms with Gasteiger partial charge in [0.15, 0.2) is 0 Å². The van der Waals surface area contributed by atoms with Crippen molar-refractivity contribution < 1.29 is 4.74 Å². The normalized spacial score (nSPS) is 24.1. The van der Waals surface area contributed by atoms with Gasteiger partial charge >= 0.3 is 0 Å². The van der Waals surface area contributed by atoms with E-state index in [0.717, 1.165) is 32.5 Å². The smallest absolute Gasteiger partial charge is 0.0674 e. The molecule has 0 aromatic heterocycles. The van der Waals surface area contributed by atoms with E-state index in [1.807, 2.05) is 0 Å². The first-order valence-corrected chi connectivity index (χ1v) is 7.84. The predicted molar refractivity (Wildman–Crippen MR) is 83.9 cm³/mol. The quantitative estimate of drug-likeness (QED) is 0.895. The number of rotatable bonds is 5. The number of hydrogen-bond acceptors (Lipinski definition) is 3. The molecule has 0 saturated carbocycles. The first-order valence-electron chi connectivity index (χ1n) is 7.84. The van der Waals surface area contributed by atoms with Crippen LogP contribution in [0.1, 0.15) is 38.3 Å². The third kappa shape index (κ3) is 3.81. The van der Waals surface area contributed by atoms with Crippen LogP contribution >= 0.6 is 0 Å². The number of likely N-dealkylation sites (N-methyl/N-ethyl adjacent to an activating group) is 1. The van der Waals surface area contributed by atoms with E-state index in [4.69, 9.17) is 4.74 Å². The van der Waals surface area contributed by atoms with Crippen molar-refractivity contribution in [2.75, 3.05) is 26.7 Å². The van der Waals surface area contributed by atoms with Gasteiger partial charge in [-0.1, -0.05) is 37.3 Å². The highest BCUT2D eigenvalue weighted by molar-refractivity contribution is 5.20. The van der Waals surface area contributed by atoms with E-state index in [2.05, 4.69) is 61.4 Å². The molecule has 0 aliphatic carbocycles. The van der Waals surface area contributed by atoms with E-state index < -0.39 is 0 Å². The van der Waals surface area contributed by atoms with Crippen molar-refractivity contribution in [3.63, 3.8) is 0 Å². The summed E-state index contributed by atoms with van der Waals surface area (Å²) in [7, 11) is 2.07. The van der Waals surface area contributed by atoms with Gasteiger partial charge in [0.25, 0.3) is 0 Å². The van der Waals surface area contributed by atoms with Gasteiger partial charge < -0.3 is 10.1 Å². The number of nitrogens with zero attached hydrogens (tertiary/aromatic N) is 1. The van der Waals surface area contributed by atoms with Crippen LogP contribution in [0.2, 0.25) is 0 Å². The number of benzene rings is 1. The average Bonchev–Trinajstić information content (AvgIpc) is 2.70. The Morgan fingerprint density at radius 2 is 2.10 bits per heavy atom. The fourth-order valence-corrected chi connectivity index (χ4v) is 3.27. The highest BCUT2D eigenvalue weighted by atomic mass is 16.5. The van der Waals surface area contributed by atoms with Gasteiger partial charge in [0.1, 0.15) is 0 Å². The zero-order valence-corrected chi connectivity index (χ0v) is 13.0. The molecule has 0 spiro atoms. The van der Waals surface area contributed by atoms with E-state index in [1.165, 1.54) is 5.56 Å². The van der Waals surface area contributed by atoms with Crippen molar-refractivity contribution in [1.82, 2.24) is 10.2 Å². The second kappa shape index (κ2) is 7.77. The van der Waals surface area contributed by atoms with Crippen LogP contribution in [0.25, 0.3) is 0 Å². The summed E-state index contributed by atoms with van der Waals surface area (Å²) in [4.78, 5) is 2.60. The minimum absolute atomic E-state index is 0.333. The molecule has 1 saturated heterocycles. The van der Waals surface area contributed by atoms with Crippen molar-refractivity contribution in [2.45, 2.75) is 44.9 Å². The molecule has 1 N–H and O–H groups in total. The van der Waals surface area contributed by atoms with E-state index in [-0.39, 0.29) is 0 Å². The van der Waals surface area contributed by atoms with E-state index >= 15 is 0 Å². The number of hydrogen-bond donors (Lipinski definition) is 1. The first kappa shape index (κ1) is 15.5. The largest absolute Gasteiger partial charge is 0.377 e. The minimum atomic E-state index is 0.333. The van der Waals surface area contributed by atoms with E-state index in [0.29, 0.717) is 18.2 Å². The van der Waals surface area contributed by atoms with E-state index in [1.54, 1.807) is 0 Å². The van der Waals surface area contributed by atoms with Gasteiger partial charge in [0, 0.05) is 31.8 Å². The second-order valence-corrected chi connectivity index (χ2v) is 5.68. The fraction of sp³-hybridized carbons (Fsp3) is 0.647. The van der Waals surface area contributed by atoms with Crippen LogP contribution in [-0.4, -0.2) is 43.8 Å². The lowest BCUT2D eigenvalue weighted by atomic mass is 9.95. The van der Waals surface area contributed by atoms with Crippen LogP contribution in [0, 0.1) is 0 Å². The van der Waals surface area contributed by atoms with Crippen molar-refractivity contribution >= 4 is 0 Å². The lowest BCUT2D eigenvalue weighted by Gasteiger charge is -2.36. The van der Waals surface area contributed by atoms with Gasteiger partial charge in [0.05, 0.1) is 6.10 Å². The molecule has 1 heterocycles. The summed E-state index contributed by atoms with van der Waals surface area (Å²) >= 11 is 0. The summed E-state index contributed by atoms with van der Waals surface area (Å²) in [6, 6.07) is 11.7. The zero-order valence-electron chi connectivity index (χ0n) is 13.0. The fourth-order valence-electron chi connectivity index (χ4n) is 3.27. The van der Waals surface area contributed by atoms with Crippen LogP contribution in [-0.2, 0) is 4.74 Å². The van der Waals surface area contributed by atoms with Gasteiger partial charge in [-0.15, -0.1) is 0 Å². The summed E-state index contributed by atoms with van der Waals surface area (Å²) in [6.07, 6.45) is 2.61. The summed E-state index contributed by atoms with van der Waals surface area (Å²) in [6.45, 7) is 7.53. The Bertz CT molecular complexity index is 382. The van der Waals surface area contributed by atoms with Crippen LogP contribution in [0.4, 0.5) is 0 Å². The standard InChI is InChI=1S/C17H28N2O/c1-4-16(19-11-8-12-20-14(2)13-19)17(18-3)15-9-6-5-7-10-15/h5-7,9-10,14,16-18H,4,8,11-13H2,1-3H3. The number of nitrogens with one attached hydrogen (secondary N) is 1. The van der Waals surface area contributed by atoms with Crippen molar-refractivity contribution in [3.8, 4) is 0 Å². The topological polar surface area (TPSA) is 24.5 Å². The Hall–Kier alpha value is -0.900. The highest BCUT2D eigenvalue weighted by Gasteiger charge is 2.28. The maximum absolute atomic E-state index is 5.78. The van der Waals surface area contributed by atoms with Gasteiger partial charge in [-0.3, -0.25) is 4.90 Å². The van der Waals surface area contributed by atoms with Crippen LogP contribution < -0.4 is 5.32 Å². The Balaban J connectivity index is 2.16. The van der Waals surface area contributed by atoms with Gasteiger partial charge in [-0.25, -0.2) is 0 Å². The summed E-state index contributed by atoms with van der Waals surface area (Å²) < 4.78 is 5.78. The molecule has 1 aromatic carbocycles. The molecule has 0 amide bonds. The molecule has 3 atom stereocenters. The average molecular weight is 276 g/mol. The van der Waals surface area contributed by atoms with Gasteiger partial charge in [0.2, 0.25) is 0 Å². The van der Waals surface area contributed by atoms with Crippen molar-refractivity contribution in [3.05, 3.63) is 35.9 Å². The SMILES string of the molecule is CCC(C(NC)c1ccccc1)N1CCCOC(C)C1. The Morgan fingerprint density at radius 1 is 1.35 bits per heavy atom. The summed E-state index contributed by atoms with van der Waals surface area (Å²) in [5, 5.41) is 3.52. The van der Waals surface area contributed by atoms with Gasteiger partial charge in [-0.2, -0.15) is 0 Å². The molecule has 112 valence electrons. The zero-order chi connectivity index (χ0) is 14.4. The monoisotopic (exact) mass is 276 g/mol. The molecular weight excluding hydrogens is 248 g/mol. The van der Waals surface area contributed by atoms with Gasteiger partial charge in [-0.05, 0) is 32.4 Å². The lowest BCUT2D eigenvalue weighted by Crippen LogP contribution is -2.46. The lowest BCUT2D eigenvalue weighted by molar-refractivity contribution is 0.0557.